The molecule has 9 heteroatoms. The van der Waals surface area contributed by atoms with Gasteiger partial charge in [-0.2, -0.15) is 5.10 Å². The number of aromatic amines is 1. The Kier molecular flexibility index (Phi) is 6.62. The molecule has 0 saturated heterocycles. The highest BCUT2D eigenvalue weighted by molar-refractivity contribution is 5.95. The molecule has 2 aromatic carbocycles. The third-order valence-electron chi connectivity index (χ3n) is 5.58. The van der Waals surface area contributed by atoms with Crippen LogP contribution in [0.1, 0.15) is 41.4 Å². The Morgan fingerprint density at radius 1 is 1.09 bits per heavy atom. The van der Waals surface area contributed by atoms with Crippen molar-refractivity contribution in [2.75, 3.05) is 25.0 Å². The van der Waals surface area contributed by atoms with Gasteiger partial charge in [-0.1, -0.05) is 62.4 Å². The van der Waals surface area contributed by atoms with Gasteiger partial charge in [-0.15, -0.1) is 0 Å². The van der Waals surface area contributed by atoms with Crippen molar-refractivity contribution in [3.63, 3.8) is 0 Å². The summed E-state index contributed by atoms with van der Waals surface area (Å²) in [6.45, 7) is 3.78. The molecule has 0 aliphatic heterocycles. The smallest absolute Gasteiger partial charge is 0.412 e. The van der Waals surface area contributed by atoms with E-state index in [0.717, 1.165) is 22.3 Å². The topological polar surface area (TPSA) is 125 Å². The maximum Gasteiger partial charge on any atom is 0.412 e. The molecule has 0 spiro atoms. The molecule has 4 rings (SSSR count). The zero-order chi connectivity index (χ0) is 24.2. The monoisotopic (exact) mass is 462 g/mol. The predicted octanol–water partition coefficient (Wildman–Crippen LogP) is 3.95. The minimum absolute atomic E-state index is 0.0740. The highest BCUT2D eigenvalue weighted by Crippen LogP contribution is 2.44. The number of hydrogen-bond donors (Lipinski definition) is 3. The lowest BCUT2D eigenvalue weighted by Crippen LogP contribution is -2.38. The van der Waals surface area contributed by atoms with Crippen molar-refractivity contribution in [3.8, 4) is 11.1 Å². The van der Waals surface area contributed by atoms with Crippen molar-refractivity contribution in [1.82, 2.24) is 15.1 Å². The van der Waals surface area contributed by atoms with Crippen LogP contribution in [0.5, 0.6) is 0 Å². The average Bonchev–Trinajstić information content (AvgIpc) is 3.39. The molecule has 3 N–H and O–H groups in total. The summed E-state index contributed by atoms with van der Waals surface area (Å²) in [5, 5.41) is 18.1. The van der Waals surface area contributed by atoms with Crippen molar-refractivity contribution in [2.24, 2.45) is 5.92 Å². The number of carboxylic acid groups (broad SMARTS) is 1. The lowest BCUT2D eigenvalue weighted by molar-refractivity contribution is -0.137. The van der Waals surface area contributed by atoms with Crippen molar-refractivity contribution < 1.29 is 24.2 Å². The second-order valence-electron chi connectivity index (χ2n) is 8.59. The third kappa shape index (κ3) is 4.93. The molecule has 3 aromatic rings. The number of aliphatic carboxylic acids is 1. The highest BCUT2D eigenvalue weighted by atomic mass is 16.5. The number of carbonyl (C=O) groups is 3. The van der Waals surface area contributed by atoms with Gasteiger partial charge in [0.1, 0.15) is 18.8 Å². The molecule has 0 fully saturated rings. The van der Waals surface area contributed by atoms with E-state index in [1.54, 1.807) is 0 Å². The summed E-state index contributed by atoms with van der Waals surface area (Å²) in [7, 11) is 0. The summed E-state index contributed by atoms with van der Waals surface area (Å²) in [5.74, 6) is -1.49. The summed E-state index contributed by atoms with van der Waals surface area (Å²) in [6.07, 6.45) is -0.697. The van der Waals surface area contributed by atoms with Crippen LogP contribution in [0.4, 0.5) is 10.6 Å². The number of hydrogen-bond acceptors (Lipinski definition) is 5. The van der Waals surface area contributed by atoms with Gasteiger partial charge in [0.05, 0.1) is 0 Å². The molecule has 1 aliphatic carbocycles. The maximum atomic E-state index is 12.7. The Labute approximate surface area is 196 Å². The van der Waals surface area contributed by atoms with Gasteiger partial charge in [-0.25, -0.2) is 4.79 Å². The van der Waals surface area contributed by atoms with E-state index in [4.69, 9.17) is 9.84 Å². The van der Waals surface area contributed by atoms with Crippen LogP contribution in [-0.4, -0.2) is 57.9 Å². The van der Waals surface area contributed by atoms with Gasteiger partial charge in [0.2, 0.25) is 0 Å². The van der Waals surface area contributed by atoms with E-state index < -0.39 is 24.5 Å². The number of carbonyl (C=O) groups excluding carboxylic acids is 2. The first-order valence-corrected chi connectivity index (χ1v) is 11.0. The Morgan fingerprint density at radius 2 is 1.71 bits per heavy atom. The predicted molar refractivity (Wildman–Crippen MR) is 126 cm³/mol. The van der Waals surface area contributed by atoms with Crippen molar-refractivity contribution in [2.45, 2.75) is 19.8 Å². The van der Waals surface area contributed by atoms with Gasteiger partial charge in [0.15, 0.2) is 5.82 Å². The van der Waals surface area contributed by atoms with Crippen LogP contribution in [-0.2, 0) is 9.53 Å². The first-order valence-electron chi connectivity index (χ1n) is 11.0. The highest BCUT2D eigenvalue weighted by Gasteiger charge is 2.29. The van der Waals surface area contributed by atoms with Crippen molar-refractivity contribution in [3.05, 3.63) is 71.4 Å². The number of aromatic nitrogens is 2. The molecule has 1 aromatic heterocycles. The number of anilines is 1. The number of nitrogens with one attached hydrogen (secondary N) is 2. The van der Waals surface area contributed by atoms with Crippen LogP contribution >= 0.6 is 0 Å². The van der Waals surface area contributed by atoms with Crippen molar-refractivity contribution in [1.29, 1.82) is 0 Å². The van der Waals surface area contributed by atoms with E-state index in [1.165, 1.54) is 11.0 Å². The Balaban J connectivity index is 1.39. The minimum Gasteiger partial charge on any atom is -0.480 e. The van der Waals surface area contributed by atoms with E-state index in [2.05, 4.69) is 27.6 Å². The molecular weight excluding hydrogens is 436 g/mol. The van der Waals surface area contributed by atoms with Crippen LogP contribution in [0.3, 0.4) is 0 Å². The first kappa shape index (κ1) is 23.0. The Hall–Kier alpha value is -4.14. The Morgan fingerprint density at radius 3 is 2.29 bits per heavy atom. The Bertz CT molecular complexity index is 1170. The number of carboxylic acids is 1. The number of benzene rings is 2. The number of H-pyrrole nitrogens is 1. The van der Waals surface area contributed by atoms with E-state index in [1.807, 2.05) is 50.2 Å². The molecule has 34 heavy (non-hydrogen) atoms. The second kappa shape index (κ2) is 9.78. The number of ether oxygens (including phenoxy) is 1. The molecule has 0 radical (unpaired) electrons. The van der Waals surface area contributed by atoms with Gasteiger partial charge in [0, 0.05) is 18.5 Å². The van der Waals surface area contributed by atoms with Crippen LogP contribution in [0.2, 0.25) is 0 Å². The standard InChI is InChI=1S/C25H26N4O5/c1-15(2)12-29(13-23(30)31)24(32)21-11-22(28-27-21)26-25(33)34-14-20-18-9-5-3-7-16(18)17-8-4-6-10-19(17)20/h3-11,15,20H,12-14H2,1-2H3,(H,30,31)(H2,26,27,28,33). The lowest BCUT2D eigenvalue weighted by atomic mass is 9.98. The second-order valence-corrected chi connectivity index (χ2v) is 8.59. The van der Waals surface area contributed by atoms with Gasteiger partial charge >= 0.3 is 12.1 Å². The third-order valence-corrected chi connectivity index (χ3v) is 5.58. The summed E-state index contributed by atoms with van der Waals surface area (Å²) in [5.41, 5.74) is 4.56. The largest absolute Gasteiger partial charge is 0.480 e. The quantitative estimate of drug-likeness (QED) is 0.466. The van der Waals surface area contributed by atoms with Gasteiger partial charge in [0.25, 0.3) is 5.91 Å². The molecule has 2 amide bonds. The first-order chi connectivity index (χ1) is 16.3. The van der Waals surface area contributed by atoms with E-state index in [9.17, 15) is 14.4 Å². The number of nitrogens with zero attached hydrogens (tertiary/aromatic N) is 2. The molecule has 0 saturated carbocycles. The van der Waals surface area contributed by atoms with Crippen LogP contribution in [0.25, 0.3) is 11.1 Å². The number of rotatable bonds is 8. The van der Waals surface area contributed by atoms with Crippen LogP contribution in [0.15, 0.2) is 54.6 Å². The minimum atomic E-state index is -1.11. The molecule has 9 nitrogen and oxygen atoms in total. The van der Waals surface area contributed by atoms with Crippen molar-refractivity contribution >= 4 is 23.8 Å². The average molecular weight is 463 g/mol. The summed E-state index contributed by atoms with van der Waals surface area (Å²) >= 11 is 0. The fourth-order valence-electron chi connectivity index (χ4n) is 4.23. The molecule has 0 atom stereocenters. The number of fused-ring (bicyclic) bond motifs is 3. The number of amides is 2. The van der Waals surface area contributed by atoms with Crippen LogP contribution in [0, 0.1) is 5.92 Å². The van der Waals surface area contributed by atoms with Crippen LogP contribution < -0.4 is 5.32 Å². The SMILES string of the molecule is CC(C)CN(CC(=O)O)C(=O)c1cc(NC(=O)OCC2c3ccccc3-c3ccccc32)n[nH]1. The zero-order valence-electron chi connectivity index (χ0n) is 18.9. The molecule has 1 aliphatic rings. The molecule has 176 valence electrons. The zero-order valence-corrected chi connectivity index (χ0v) is 18.9. The summed E-state index contributed by atoms with van der Waals surface area (Å²) < 4.78 is 5.49. The molecule has 1 heterocycles. The van der Waals surface area contributed by atoms with E-state index in [0.29, 0.717) is 0 Å². The van der Waals surface area contributed by atoms with Gasteiger partial charge in [-0.3, -0.25) is 20.0 Å². The summed E-state index contributed by atoms with van der Waals surface area (Å²) in [4.78, 5) is 37.5. The lowest BCUT2D eigenvalue weighted by Gasteiger charge is -2.21. The summed E-state index contributed by atoms with van der Waals surface area (Å²) in [6, 6.07) is 17.5. The molecule has 0 unspecified atom stereocenters. The van der Waals surface area contributed by atoms with Gasteiger partial charge in [-0.05, 0) is 28.2 Å². The molecular formula is C25H26N4O5. The van der Waals surface area contributed by atoms with Gasteiger partial charge < -0.3 is 14.7 Å². The maximum absolute atomic E-state index is 12.7. The molecule has 0 bridgehead atoms. The fourth-order valence-corrected chi connectivity index (χ4v) is 4.23. The van der Waals surface area contributed by atoms with E-state index >= 15 is 0 Å². The van der Waals surface area contributed by atoms with E-state index in [-0.39, 0.29) is 36.5 Å². The fraction of sp³-hybridized carbons (Fsp3) is 0.280. The normalized spacial score (nSPS) is 12.2.